The van der Waals surface area contributed by atoms with Gasteiger partial charge >= 0.3 is 0 Å². The minimum absolute atomic E-state index is 0.117. The summed E-state index contributed by atoms with van der Waals surface area (Å²) in [5, 5.41) is 10.5. The van der Waals surface area contributed by atoms with Crippen LogP contribution in [0.15, 0.2) is 30.3 Å². The molecular formula is C15H21NO. The molecule has 0 bridgehead atoms. The molecule has 4 atom stereocenters. The van der Waals surface area contributed by atoms with Crippen molar-refractivity contribution >= 4 is 0 Å². The Labute approximate surface area is 103 Å². The van der Waals surface area contributed by atoms with Crippen molar-refractivity contribution < 1.29 is 5.11 Å². The summed E-state index contributed by atoms with van der Waals surface area (Å²) in [5.74, 6) is 2.23. The zero-order valence-corrected chi connectivity index (χ0v) is 10.1. The molecule has 4 unspecified atom stereocenters. The third-order valence-electron chi connectivity index (χ3n) is 4.76. The van der Waals surface area contributed by atoms with E-state index in [1.807, 2.05) is 18.2 Å². The molecule has 0 spiro atoms. The Balaban J connectivity index is 1.73. The van der Waals surface area contributed by atoms with E-state index in [0.29, 0.717) is 12.5 Å². The van der Waals surface area contributed by atoms with Crippen LogP contribution in [0, 0.1) is 17.8 Å². The van der Waals surface area contributed by atoms with Gasteiger partial charge in [0.2, 0.25) is 0 Å². The summed E-state index contributed by atoms with van der Waals surface area (Å²) in [6.45, 7) is 0.543. The van der Waals surface area contributed by atoms with Crippen LogP contribution in [0.3, 0.4) is 0 Å². The first-order valence-corrected chi connectivity index (χ1v) is 6.76. The van der Waals surface area contributed by atoms with Crippen LogP contribution in [0.5, 0.6) is 0 Å². The predicted molar refractivity (Wildman–Crippen MR) is 68.6 cm³/mol. The molecule has 2 saturated carbocycles. The minimum atomic E-state index is -0.238. The SMILES string of the molecule is NCC(c1ccccc1)C(O)C1C2CCCC21. The van der Waals surface area contributed by atoms with Crippen LogP contribution in [0.4, 0.5) is 0 Å². The topological polar surface area (TPSA) is 46.2 Å². The van der Waals surface area contributed by atoms with Crippen molar-refractivity contribution in [2.24, 2.45) is 23.5 Å². The van der Waals surface area contributed by atoms with Crippen molar-refractivity contribution in [1.82, 2.24) is 0 Å². The van der Waals surface area contributed by atoms with Crippen LogP contribution in [0.2, 0.25) is 0 Å². The molecule has 17 heavy (non-hydrogen) atoms. The molecule has 2 fully saturated rings. The Morgan fingerprint density at radius 3 is 2.41 bits per heavy atom. The molecule has 1 aromatic carbocycles. The van der Waals surface area contributed by atoms with Crippen LogP contribution in [-0.2, 0) is 0 Å². The number of rotatable bonds is 4. The number of fused-ring (bicyclic) bond motifs is 1. The monoisotopic (exact) mass is 231 g/mol. The van der Waals surface area contributed by atoms with Gasteiger partial charge in [-0.2, -0.15) is 0 Å². The zero-order chi connectivity index (χ0) is 11.8. The number of benzene rings is 1. The largest absolute Gasteiger partial charge is 0.392 e. The van der Waals surface area contributed by atoms with Crippen LogP contribution >= 0.6 is 0 Å². The third kappa shape index (κ3) is 1.90. The van der Waals surface area contributed by atoms with Gasteiger partial charge in [-0.25, -0.2) is 0 Å². The lowest BCUT2D eigenvalue weighted by molar-refractivity contribution is 0.108. The summed E-state index contributed by atoms with van der Waals surface area (Å²) < 4.78 is 0. The molecule has 2 nitrogen and oxygen atoms in total. The maximum absolute atomic E-state index is 10.5. The average molecular weight is 231 g/mol. The fraction of sp³-hybridized carbons (Fsp3) is 0.600. The second-order valence-electron chi connectivity index (χ2n) is 5.58. The molecule has 2 aliphatic carbocycles. The van der Waals surface area contributed by atoms with Crippen molar-refractivity contribution in [3.8, 4) is 0 Å². The molecular weight excluding hydrogens is 210 g/mol. The first-order chi connectivity index (χ1) is 8.33. The first kappa shape index (κ1) is 11.2. The van der Waals surface area contributed by atoms with Crippen LogP contribution < -0.4 is 5.73 Å². The Hall–Kier alpha value is -0.860. The van der Waals surface area contributed by atoms with E-state index in [1.165, 1.54) is 24.8 Å². The summed E-state index contributed by atoms with van der Waals surface area (Å²) in [6, 6.07) is 10.2. The molecule has 1 aromatic rings. The Kier molecular flexibility index (Phi) is 2.93. The molecule has 0 aromatic heterocycles. The van der Waals surface area contributed by atoms with Gasteiger partial charge in [0, 0.05) is 12.5 Å². The normalized spacial score (nSPS) is 34.1. The van der Waals surface area contributed by atoms with Crippen molar-refractivity contribution in [3.63, 3.8) is 0 Å². The van der Waals surface area contributed by atoms with Gasteiger partial charge in [-0.1, -0.05) is 36.8 Å². The molecule has 0 aliphatic heterocycles. The zero-order valence-electron chi connectivity index (χ0n) is 10.1. The minimum Gasteiger partial charge on any atom is -0.392 e. The van der Waals surface area contributed by atoms with Gasteiger partial charge < -0.3 is 10.8 Å². The van der Waals surface area contributed by atoms with Crippen molar-refractivity contribution in [2.75, 3.05) is 6.54 Å². The summed E-state index contributed by atoms with van der Waals surface area (Å²) in [5.41, 5.74) is 7.05. The number of hydrogen-bond donors (Lipinski definition) is 2. The highest BCUT2D eigenvalue weighted by molar-refractivity contribution is 5.23. The van der Waals surface area contributed by atoms with Crippen molar-refractivity contribution in [1.29, 1.82) is 0 Å². The summed E-state index contributed by atoms with van der Waals surface area (Å²) >= 11 is 0. The molecule has 2 heteroatoms. The summed E-state index contributed by atoms with van der Waals surface area (Å²) in [4.78, 5) is 0. The van der Waals surface area contributed by atoms with E-state index in [1.54, 1.807) is 0 Å². The molecule has 0 radical (unpaired) electrons. The van der Waals surface area contributed by atoms with Gasteiger partial charge in [0.1, 0.15) is 0 Å². The highest BCUT2D eigenvalue weighted by atomic mass is 16.3. The lowest BCUT2D eigenvalue weighted by Gasteiger charge is -2.23. The average Bonchev–Trinajstić information content (AvgIpc) is 2.85. The van der Waals surface area contributed by atoms with Gasteiger partial charge in [0.05, 0.1) is 6.10 Å². The molecule has 92 valence electrons. The van der Waals surface area contributed by atoms with Gasteiger partial charge in [0.25, 0.3) is 0 Å². The van der Waals surface area contributed by atoms with E-state index < -0.39 is 0 Å². The van der Waals surface area contributed by atoms with E-state index in [4.69, 9.17) is 5.73 Å². The molecule has 0 amide bonds. The molecule has 2 aliphatic rings. The van der Waals surface area contributed by atoms with Crippen molar-refractivity contribution in [3.05, 3.63) is 35.9 Å². The molecule has 0 heterocycles. The molecule has 3 N–H and O–H groups in total. The predicted octanol–water partition coefficient (Wildman–Crippen LogP) is 2.14. The Morgan fingerprint density at radius 2 is 1.82 bits per heavy atom. The van der Waals surface area contributed by atoms with E-state index in [-0.39, 0.29) is 12.0 Å². The van der Waals surface area contributed by atoms with Gasteiger partial charge in [-0.15, -0.1) is 0 Å². The number of nitrogens with two attached hydrogens (primary N) is 1. The van der Waals surface area contributed by atoms with E-state index in [0.717, 1.165) is 11.8 Å². The Bertz CT molecular complexity index is 368. The lowest BCUT2D eigenvalue weighted by atomic mass is 9.88. The maximum atomic E-state index is 10.5. The number of aliphatic hydroxyl groups excluding tert-OH is 1. The highest BCUT2D eigenvalue weighted by Gasteiger charge is 2.56. The van der Waals surface area contributed by atoms with Crippen LogP contribution in [0.25, 0.3) is 0 Å². The van der Waals surface area contributed by atoms with E-state index in [2.05, 4.69) is 12.1 Å². The fourth-order valence-electron chi connectivity index (χ4n) is 3.82. The quantitative estimate of drug-likeness (QED) is 0.834. The number of aliphatic hydroxyl groups is 1. The van der Waals surface area contributed by atoms with Crippen LogP contribution in [0.1, 0.15) is 30.7 Å². The standard InChI is InChI=1S/C15H21NO/c16-9-13(10-5-2-1-3-6-10)15(17)14-11-7-4-8-12(11)14/h1-3,5-6,11-15,17H,4,7-9,16H2. The third-order valence-corrected chi connectivity index (χ3v) is 4.76. The summed E-state index contributed by atoms with van der Waals surface area (Å²) in [6.07, 6.45) is 3.76. The van der Waals surface area contributed by atoms with Gasteiger partial charge in [-0.3, -0.25) is 0 Å². The summed E-state index contributed by atoms with van der Waals surface area (Å²) in [7, 11) is 0. The molecule has 3 rings (SSSR count). The second-order valence-corrected chi connectivity index (χ2v) is 5.58. The second kappa shape index (κ2) is 4.43. The fourth-order valence-corrected chi connectivity index (χ4v) is 3.82. The highest BCUT2D eigenvalue weighted by Crippen LogP contribution is 2.60. The maximum Gasteiger partial charge on any atom is 0.0654 e. The van der Waals surface area contributed by atoms with Gasteiger partial charge in [-0.05, 0) is 36.2 Å². The Morgan fingerprint density at radius 1 is 1.18 bits per heavy atom. The van der Waals surface area contributed by atoms with Crippen LogP contribution in [-0.4, -0.2) is 17.8 Å². The first-order valence-electron chi connectivity index (χ1n) is 6.76. The van der Waals surface area contributed by atoms with E-state index in [9.17, 15) is 5.11 Å². The molecule has 0 saturated heterocycles. The lowest BCUT2D eigenvalue weighted by Crippen LogP contribution is -2.29. The smallest absolute Gasteiger partial charge is 0.0654 e. The number of hydrogen-bond acceptors (Lipinski definition) is 2. The van der Waals surface area contributed by atoms with Crippen molar-refractivity contribution in [2.45, 2.75) is 31.3 Å². The van der Waals surface area contributed by atoms with E-state index >= 15 is 0 Å². The van der Waals surface area contributed by atoms with Gasteiger partial charge in [0.15, 0.2) is 0 Å².